The van der Waals surface area contributed by atoms with Crippen molar-refractivity contribution in [3.05, 3.63) is 24.0 Å². The molecule has 0 amide bonds. The maximum absolute atomic E-state index is 12.0. The lowest BCUT2D eigenvalue weighted by Gasteiger charge is -2.15. The van der Waals surface area contributed by atoms with Crippen LogP contribution < -0.4 is 10.5 Å². The van der Waals surface area contributed by atoms with Crippen molar-refractivity contribution in [1.82, 2.24) is 9.71 Å². The van der Waals surface area contributed by atoms with Gasteiger partial charge in [-0.05, 0) is 24.5 Å². The average molecular weight is 282 g/mol. The summed E-state index contributed by atoms with van der Waals surface area (Å²) in [5.41, 5.74) is 5.70. The van der Waals surface area contributed by atoms with Crippen molar-refractivity contribution in [1.29, 1.82) is 5.26 Å². The minimum absolute atomic E-state index is 0.116. The molecule has 1 unspecified atom stereocenters. The van der Waals surface area contributed by atoms with E-state index in [9.17, 15) is 8.42 Å². The highest BCUT2D eigenvalue weighted by Crippen LogP contribution is 2.12. The van der Waals surface area contributed by atoms with E-state index in [1.165, 1.54) is 18.3 Å². The van der Waals surface area contributed by atoms with Crippen molar-refractivity contribution in [3.63, 3.8) is 0 Å². The zero-order valence-corrected chi connectivity index (χ0v) is 11.8. The molecule has 0 bridgehead atoms. The summed E-state index contributed by atoms with van der Waals surface area (Å²) in [6, 6.07) is 4.33. The SMILES string of the molecule is CC(C)CC(N)CNS(=O)(=O)c1cccnc1C#N. The van der Waals surface area contributed by atoms with E-state index in [0.717, 1.165) is 6.42 Å². The fraction of sp³-hybridized carbons (Fsp3) is 0.500. The Hall–Kier alpha value is -1.49. The van der Waals surface area contributed by atoms with Crippen LogP contribution in [0.25, 0.3) is 0 Å². The molecule has 0 saturated heterocycles. The smallest absolute Gasteiger partial charge is 0.243 e. The molecule has 0 spiro atoms. The number of nitrogens with zero attached hydrogens (tertiary/aromatic N) is 2. The Morgan fingerprint density at radius 2 is 2.21 bits per heavy atom. The van der Waals surface area contributed by atoms with Gasteiger partial charge in [-0.2, -0.15) is 5.26 Å². The molecule has 1 heterocycles. The molecule has 3 N–H and O–H groups in total. The number of nitriles is 1. The lowest BCUT2D eigenvalue weighted by molar-refractivity contribution is 0.485. The predicted octanol–water partition coefficient (Wildman–Crippen LogP) is 0.605. The first-order valence-electron chi connectivity index (χ1n) is 5.97. The Bertz CT molecular complexity index is 563. The third-order valence-corrected chi connectivity index (χ3v) is 3.93. The highest BCUT2D eigenvalue weighted by atomic mass is 32.2. The van der Waals surface area contributed by atoms with E-state index >= 15 is 0 Å². The van der Waals surface area contributed by atoms with Crippen molar-refractivity contribution < 1.29 is 8.42 Å². The van der Waals surface area contributed by atoms with Crippen LogP contribution in [0.1, 0.15) is 26.0 Å². The van der Waals surface area contributed by atoms with Crippen LogP contribution in [0.5, 0.6) is 0 Å². The molecule has 0 aliphatic rings. The van der Waals surface area contributed by atoms with Crippen molar-refractivity contribution in [2.75, 3.05) is 6.54 Å². The third kappa shape index (κ3) is 4.59. The molecule has 0 fully saturated rings. The minimum Gasteiger partial charge on any atom is -0.327 e. The monoisotopic (exact) mass is 282 g/mol. The van der Waals surface area contributed by atoms with Crippen molar-refractivity contribution in [2.24, 2.45) is 11.7 Å². The van der Waals surface area contributed by atoms with E-state index in [1.807, 2.05) is 13.8 Å². The number of aromatic nitrogens is 1. The van der Waals surface area contributed by atoms with E-state index < -0.39 is 10.0 Å². The summed E-state index contributed by atoms with van der Waals surface area (Å²) in [5.74, 6) is 0.396. The minimum atomic E-state index is -3.75. The van der Waals surface area contributed by atoms with Gasteiger partial charge in [0.25, 0.3) is 0 Å². The van der Waals surface area contributed by atoms with Crippen molar-refractivity contribution in [2.45, 2.75) is 31.2 Å². The molecule has 1 rings (SSSR count). The van der Waals surface area contributed by atoms with Gasteiger partial charge in [0.2, 0.25) is 10.0 Å². The maximum Gasteiger partial charge on any atom is 0.243 e. The summed E-state index contributed by atoms with van der Waals surface area (Å²) < 4.78 is 26.5. The second-order valence-electron chi connectivity index (χ2n) is 4.70. The maximum atomic E-state index is 12.0. The van der Waals surface area contributed by atoms with Crippen molar-refractivity contribution in [3.8, 4) is 6.07 Å². The summed E-state index contributed by atoms with van der Waals surface area (Å²) in [6.45, 7) is 4.17. The average Bonchev–Trinajstić information content (AvgIpc) is 2.36. The molecule has 1 aromatic heterocycles. The van der Waals surface area contributed by atoms with Crippen LogP contribution in [0.2, 0.25) is 0 Å². The van der Waals surface area contributed by atoms with Gasteiger partial charge in [-0.15, -0.1) is 0 Å². The van der Waals surface area contributed by atoms with Gasteiger partial charge in [-0.1, -0.05) is 13.8 Å². The first-order valence-corrected chi connectivity index (χ1v) is 7.45. The Morgan fingerprint density at radius 3 is 2.79 bits per heavy atom. The van der Waals surface area contributed by atoms with Gasteiger partial charge < -0.3 is 5.73 Å². The fourth-order valence-electron chi connectivity index (χ4n) is 1.67. The summed E-state index contributed by atoms with van der Waals surface area (Å²) in [7, 11) is -3.75. The number of hydrogen-bond acceptors (Lipinski definition) is 5. The molecule has 0 aliphatic heterocycles. The van der Waals surface area contributed by atoms with E-state index in [0.29, 0.717) is 5.92 Å². The highest BCUT2D eigenvalue weighted by molar-refractivity contribution is 7.89. The second-order valence-corrected chi connectivity index (χ2v) is 6.44. The van der Waals surface area contributed by atoms with E-state index in [4.69, 9.17) is 11.0 Å². The first-order chi connectivity index (χ1) is 8.86. The largest absolute Gasteiger partial charge is 0.327 e. The molecular formula is C12H18N4O2S. The molecule has 0 aliphatic carbocycles. The predicted molar refractivity (Wildman–Crippen MR) is 71.6 cm³/mol. The number of nitrogens with two attached hydrogens (primary N) is 1. The first kappa shape index (κ1) is 15.6. The Balaban J connectivity index is 2.80. The van der Waals surface area contributed by atoms with Gasteiger partial charge in [0.1, 0.15) is 11.0 Å². The van der Waals surface area contributed by atoms with E-state index in [-0.39, 0.29) is 23.2 Å². The summed E-state index contributed by atoms with van der Waals surface area (Å²) in [6.07, 6.45) is 2.10. The molecule has 6 nitrogen and oxygen atoms in total. The quantitative estimate of drug-likeness (QED) is 0.794. The summed E-state index contributed by atoms with van der Waals surface area (Å²) in [5, 5.41) is 8.85. The van der Waals surface area contributed by atoms with Gasteiger partial charge in [0, 0.05) is 18.8 Å². The standard InChI is InChI=1S/C12H18N4O2S/c1-9(2)6-10(14)8-16-19(17,18)12-4-3-5-15-11(12)7-13/h3-5,9-10,16H,6,8,14H2,1-2H3. The van der Waals surface area contributed by atoms with Crippen molar-refractivity contribution >= 4 is 10.0 Å². The van der Waals surface area contributed by atoms with Crippen LogP contribution in [0, 0.1) is 17.2 Å². The Kier molecular flexibility index (Phi) is 5.42. The molecule has 104 valence electrons. The number of nitrogens with one attached hydrogen (secondary N) is 1. The highest BCUT2D eigenvalue weighted by Gasteiger charge is 2.20. The van der Waals surface area contributed by atoms with Gasteiger partial charge in [0.15, 0.2) is 5.69 Å². The topological polar surface area (TPSA) is 109 Å². The molecule has 1 aromatic rings. The van der Waals surface area contributed by atoms with Gasteiger partial charge in [-0.25, -0.2) is 18.1 Å². The van der Waals surface area contributed by atoms with Gasteiger partial charge in [-0.3, -0.25) is 0 Å². The normalized spacial score (nSPS) is 13.2. The van der Waals surface area contributed by atoms with Gasteiger partial charge >= 0.3 is 0 Å². The molecule has 0 radical (unpaired) electrons. The summed E-state index contributed by atoms with van der Waals surface area (Å²) >= 11 is 0. The zero-order chi connectivity index (χ0) is 14.5. The second kappa shape index (κ2) is 6.61. The van der Waals surface area contributed by atoms with Crippen LogP contribution in [0.15, 0.2) is 23.2 Å². The fourth-order valence-corrected chi connectivity index (χ4v) is 2.87. The lowest BCUT2D eigenvalue weighted by Crippen LogP contribution is -2.38. The van der Waals surface area contributed by atoms with E-state index in [2.05, 4.69) is 9.71 Å². The Morgan fingerprint density at radius 1 is 1.53 bits per heavy atom. The van der Waals surface area contributed by atoms with Crippen LogP contribution >= 0.6 is 0 Å². The number of sulfonamides is 1. The Labute approximate surface area is 113 Å². The zero-order valence-electron chi connectivity index (χ0n) is 11.0. The van der Waals surface area contributed by atoms with Gasteiger partial charge in [0.05, 0.1) is 0 Å². The molecular weight excluding hydrogens is 264 g/mol. The third-order valence-electron chi connectivity index (χ3n) is 2.48. The summed E-state index contributed by atoms with van der Waals surface area (Å²) in [4.78, 5) is 3.61. The molecule has 0 saturated carbocycles. The molecule has 7 heteroatoms. The number of pyridine rings is 1. The van der Waals surface area contributed by atoms with Crippen LogP contribution in [0.4, 0.5) is 0 Å². The lowest BCUT2D eigenvalue weighted by atomic mass is 10.1. The molecule has 19 heavy (non-hydrogen) atoms. The van der Waals surface area contributed by atoms with Crippen LogP contribution in [0.3, 0.4) is 0 Å². The molecule has 1 atom stereocenters. The van der Waals surface area contributed by atoms with Crippen LogP contribution in [-0.4, -0.2) is 26.0 Å². The van der Waals surface area contributed by atoms with Crippen LogP contribution in [-0.2, 0) is 10.0 Å². The van der Waals surface area contributed by atoms with E-state index in [1.54, 1.807) is 6.07 Å². The molecule has 0 aromatic carbocycles. The number of rotatable bonds is 6. The number of hydrogen-bond donors (Lipinski definition) is 2.